The fourth-order valence-corrected chi connectivity index (χ4v) is 1.34. The highest BCUT2D eigenvalue weighted by Crippen LogP contribution is 2.18. The van der Waals surface area contributed by atoms with Crippen LogP contribution >= 0.6 is 0 Å². The quantitative estimate of drug-likeness (QED) is 0.766. The van der Waals surface area contributed by atoms with Crippen LogP contribution in [0.5, 0.6) is 0 Å². The average Bonchev–Trinajstić information content (AvgIpc) is 2.26. The molecule has 0 bridgehead atoms. The van der Waals surface area contributed by atoms with Crippen LogP contribution in [0.2, 0.25) is 0 Å². The van der Waals surface area contributed by atoms with Crippen LogP contribution < -0.4 is 4.90 Å². The Hall–Kier alpha value is -1.70. The van der Waals surface area contributed by atoms with Crippen molar-refractivity contribution in [2.75, 3.05) is 19.0 Å². The van der Waals surface area contributed by atoms with E-state index < -0.39 is 10.4 Å². The van der Waals surface area contributed by atoms with E-state index >= 15 is 0 Å². The molecule has 7 heteroatoms. The maximum atomic E-state index is 8.74. The van der Waals surface area contributed by atoms with Crippen LogP contribution in [0.4, 0.5) is 5.69 Å². The van der Waals surface area contributed by atoms with Gasteiger partial charge in [-0.2, -0.15) is 8.42 Å². The summed E-state index contributed by atoms with van der Waals surface area (Å²) in [6.45, 7) is 0. The monoisotopic (exact) mass is 270 g/mol. The zero-order valence-corrected chi connectivity index (χ0v) is 10.8. The largest absolute Gasteiger partial charge is 0.394 e. The van der Waals surface area contributed by atoms with E-state index in [2.05, 4.69) is 28.1 Å². The maximum absolute atomic E-state index is 8.74. The Morgan fingerprint density at radius 1 is 1.17 bits per heavy atom. The van der Waals surface area contributed by atoms with Crippen LogP contribution in [-0.2, 0) is 10.4 Å². The van der Waals surface area contributed by atoms with Crippen molar-refractivity contribution in [2.24, 2.45) is 0 Å². The van der Waals surface area contributed by atoms with E-state index in [1.165, 1.54) is 11.1 Å². The van der Waals surface area contributed by atoms with Gasteiger partial charge in [0.25, 0.3) is 0 Å². The first-order valence-corrected chi connectivity index (χ1v) is 6.39. The van der Waals surface area contributed by atoms with Gasteiger partial charge >= 0.3 is 10.4 Å². The highest BCUT2D eigenvalue weighted by molar-refractivity contribution is 7.79. The molecule has 0 fully saturated rings. The van der Waals surface area contributed by atoms with E-state index in [4.69, 9.17) is 17.5 Å². The first-order valence-electron chi connectivity index (χ1n) is 4.99. The summed E-state index contributed by atoms with van der Waals surface area (Å²) in [4.78, 5) is 6.35. The van der Waals surface area contributed by atoms with Crippen LogP contribution in [0.1, 0.15) is 0 Å². The third kappa shape index (κ3) is 5.09. The van der Waals surface area contributed by atoms with Gasteiger partial charge in [0, 0.05) is 31.4 Å². The summed E-state index contributed by atoms with van der Waals surface area (Å²) in [7, 11) is -0.588. The molecule has 0 atom stereocenters. The Labute approximate surface area is 105 Å². The van der Waals surface area contributed by atoms with Gasteiger partial charge < -0.3 is 4.90 Å². The smallest absolute Gasteiger partial charge is 0.378 e. The molecule has 6 nitrogen and oxygen atoms in total. The van der Waals surface area contributed by atoms with E-state index in [-0.39, 0.29) is 0 Å². The molecule has 2 aromatic rings. The van der Waals surface area contributed by atoms with Crippen molar-refractivity contribution in [2.45, 2.75) is 0 Å². The van der Waals surface area contributed by atoms with Crippen molar-refractivity contribution >= 4 is 27.0 Å². The Morgan fingerprint density at radius 2 is 1.78 bits per heavy atom. The fraction of sp³-hybridized carbons (Fsp3) is 0.182. The molecule has 0 unspecified atom stereocenters. The van der Waals surface area contributed by atoms with Crippen molar-refractivity contribution < 1.29 is 17.5 Å². The van der Waals surface area contributed by atoms with E-state index in [1.807, 2.05) is 32.4 Å². The molecule has 98 valence electrons. The average molecular weight is 270 g/mol. The minimum atomic E-state index is -4.67. The van der Waals surface area contributed by atoms with Gasteiger partial charge in [0.1, 0.15) is 0 Å². The molecule has 0 saturated heterocycles. The van der Waals surface area contributed by atoms with E-state index in [0.717, 1.165) is 5.52 Å². The second-order valence-corrected chi connectivity index (χ2v) is 4.62. The summed E-state index contributed by atoms with van der Waals surface area (Å²) in [5, 5.41) is 1.19. The highest BCUT2D eigenvalue weighted by Gasteiger charge is 1.97. The summed E-state index contributed by atoms with van der Waals surface area (Å²) < 4.78 is 31.6. The lowest BCUT2D eigenvalue weighted by Gasteiger charge is -2.12. The van der Waals surface area contributed by atoms with Crippen LogP contribution in [0.25, 0.3) is 10.9 Å². The van der Waals surface area contributed by atoms with E-state index in [0.29, 0.717) is 0 Å². The van der Waals surface area contributed by atoms with Crippen molar-refractivity contribution in [3.63, 3.8) is 0 Å². The minimum Gasteiger partial charge on any atom is -0.378 e. The third-order valence-corrected chi connectivity index (χ3v) is 2.10. The molecule has 0 radical (unpaired) electrons. The molecule has 1 aromatic heterocycles. The first-order chi connectivity index (χ1) is 8.27. The van der Waals surface area contributed by atoms with Crippen LogP contribution in [0.15, 0.2) is 36.5 Å². The van der Waals surface area contributed by atoms with Crippen LogP contribution in [-0.4, -0.2) is 36.6 Å². The molecule has 0 aliphatic heterocycles. The van der Waals surface area contributed by atoms with Crippen LogP contribution in [0, 0.1) is 0 Å². The van der Waals surface area contributed by atoms with Crippen molar-refractivity contribution in [3.05, 3.63) is 36.5 Å². The topological polar surface area (TPSA) is 90.7 Å². The molecule has 2 N–H and O–H groups in total. The van der Waals surface area contributed by atoms with E-state index in [1.54, 1.807) is 0 Å². The van der Waals surface area contributed by atoms with Gasteiger partial charge in [-0.15, -0.1) is 0 Å². The van der Waals surface area contributed by atoms with Gasteiger partial charge in [0.15, 0.2) is 0 Å². The van der Waals surface area contributed by atoms with Crippen molar-refractivity contribution in [3.8, 4) is 0 Å². The zero-order valence-electron chi connectivity index (χ0n) is 9.98. The lowest BCUT2D eigenvalue weighted by Crippen LogP contribution is -2.08. The molecular weight excluding hydrogens is 256 g/mol. The number of benzene rings is 1. The number of rotatable bonds is 1. The zero-order chi connectivity index (χ0) is 13.8. The number of anilines is 1. The maximum Gasteiger partial charge on any atom is 0.394 e. The normalized spacial score (nSPS) is 10.7. The molecule has 0 aliphatic rings. The van der Waals surface area contributed by atoms with Crippen molar-refractivity contribution in [1.29, 1.82) is 0 Å². The van der Waals surface area contributed by atoms with Gasteiger partial charge in [-0.05, 0) is 24.3 Å². The van der Waals surface area contributed by atoms with Gasteiger partial charge in [0.05, 0.1) is 5.52 Å². The molecule has 0 aliphatic carbocycles. The van der Waals surface area contributed by atoms with Gasteiger partial charge in [-0.1, -0.05) is 6.07 Å². The second-order valence-electron chi connectivity index (χ2n) is 3.72. The number of hydrogen-bond donors (Lipinski definition) is 2. The van der Waals surface area contributed by atoms with Gasteiger partial charge in [-0.25, -0.2) is 0 Å². The lowest BCUT2D eigenvalue weighted by atomic mass is 10.2. The molecule has 0 spiro atoms. The standard InChI is InChI=1S/C11H12N2.H2O4S/c1-13(2)10-5-6-11-9(8-10)4-3-7-12-11;1-5(2,3)4/h3-8H,1-2H3;(H2,1,2,3,4). The molecule has 2 rings (SSSR count). The predicted octanol–water partition coefficient (Wildman–Crippen LogP) is 1.65. The fourth-order valence-electron chi connectivity index (χ4n) is 1.34. The third-order valence-electron chi connectivity index (χ3n) is 2.10. The molecule has 0 saturated carbocycles. The lowest BCUT2D eigenvalue weighted by molar-refractivity contribution is 0.381. The highest BCUT2D eigenvalue weighted by atomic mass is 32.3. The summed E-state index contributed by atoms with van der Waals surface area (Å²) >= 11 is 0. The predicted molar refractivity (Wildman–Crippen MR) is 70.2 cm³/mol. The minimum absolute atomic E-state index is 1.05. The summed E-state index contributed by atoms with van der Waals surface area (Å²) in [5.74, 6) is 0. The number of pyridine rings is 1. The number of aromatic nitrogens is 1. The summed E-state index contributed by atoms with van der Waals surface area (Å²) in [5.41, 5.74) is 2.26. The van der Waals surface area contributed by atoms with Crippen LogP contribution in [0.3, 0.4) is 0 Å². The Kier molecular flexibility index (Phi) is 4.60. The SMILES string of the molecule is CN(C)c1ccc2ncccc2c1.O=S(=O)(O)O. The number of fused-ring (bicyclic) bond motifs is 1. The molecule has 0 amide bonds. The van der Waals surface area contributed by atoms with Gasteiger partial charge in [-0.3, -0.25) is 14.1 Å². The van der Waals surface area contributed by atoms with Gasteiger partial charge in [0.2, 0.25) is 0 Å². The molecule has 1 heterocycles. The number of hydrogen-bond acceptors (Lipinski definition) is 4. The summed E-state index contributed by atoms with van der Waals surface area (Å²) in [6.07, 6.45) is 1.82. The molecular formula is C11H14N2O4S. The number of nitrogens with zero attached hydrogens (tertiary/aromatic N) is 2. The Balaban J connectivity index is 0.000000280. The Morgan fingerprint density at radius 3 is 2.33 bits per heavy atom. The summed E-state index contributed by atoms with van der Waals surface area (Å²) in [6, 6.07) is 10.3. The van der Waals surface area contributed by atoms with E-state index in [9.17, 15) is 0 Å². The molecule has 1 aromatic carbocycles. The second kappa shape index (κ2) is 5.76. The molecule has 18 heavy (non-hydrogen) atoms. The van der Waals surface area contributed by atoms with Crippen molar-refractivity contribution in [1.82, 2.24) is 4.98 Å². The first kappa shape index (κ1) is 14.4. The Bertz CT molecular complexity index is 618.